The molecule has 2 aromatic heterocycles. The van der Waals surface area contributed by atoms with Gasteiger partial charge in [0.25, 0.3) is 0 Å². The van der Waals surface area contributed by atoms with E-state index in [1.807, 2.05) is 11.3 Å². The van der Waals surface area contributed by atoms with Gasteiger partial charge in [-0.3, -0.25) is 0 Å². The zero-order valence-electron chi connectivity index (χ0n) is 36.6. The predicted octanol–water partition coefficient (Wildman–Crippen LogP) is 18.4. The van der Waals surface area contributed by atoms with E-state index >= 15 is 0 Å². The Labute approximate surface area is 393 Å². The number of fused-ring (bicyclic) bond motifs is 7. The second-order valence-corrected chi connectivity index (χ2v) is 18.4. The molecule has 0 fully saturated rings. The zero-order chi connectivity index (χ0) is 44.3. The monoisotopic (exact) mass is 870 g/mol. The molecule has 0 amide bonds. The minimum absolute atomic E-state index is 1.09. The van der Waals surface area contributed by atoms with Crippen molar-refractivity contribution in [3.8, 4) is 50.2 Å². The minimum atomic E-state index is 1.09. The molecule has 0 bridgehead atoms. The van der Waals surface area contributed by atoms with Gasteiger partial charge < -0.3 is 9.47 Å². The summed E-state index contributed by atoms with van der Waals surface area (Å²) < 4.78 is 5.03. The third kappa shape index (κ3) is 6.96. The van der Waals surface area contributed by atoms with Crippen molar-refractivity contribution in [1.29, 1.82) is 0 Å². The molecule has 2 heterocycles. The molecule has 0 N–H and O–H groups in total. The Morgan fingerprint density at radius 1 is 0.269 bits per heavy atom. The third-order valence-corrected chi connectivity index (χ3v) is 14.5. The summed E-state index contributed by atoms with van der Waals surface area (Å²) in [6, 6.07) is 93.2. The Morgan fingerprint density at radius 3 is 1.36 bits per heavy atom. The van der Waals surface area contributed by atoms with Crippen molar-refractivity contribution >= 4 is 81.1 Å². The molecule has 0 aliphatic heterocycles. The van der Waals surface area contributed by atoms with Gasteiger partial charge >= 0.3 is 0 Å². The molecule has 314 valence electrons. The number of aromatic nitrogens is 1. The van der Waals surface area contributed by atoms with Gasteiger partial charge in [0.15, 0.2) is 0 Å². The van der Waals surface area contributed by atoms with Crippen LogP contribution in [-0.2, 0) is 0 Å². The second kappa shape index (κ2) is 16.2. The van der Waals surface area contributed by atoms with E-state index < -0.39 is 0 Å². The van der Waals surface area contributed by atoms with E-state index in [2.05, 4.69) is 264 Å². The first-order chi connectivity index (χ1) is 33.2. The molecule has 13 aromatic rings. The van der Waals surface area contributed by atoms with Gasteiger partial charge in [0.05, 0.1) is 11.0 Å². The molecule has 0 radical (unpaired) electrons. The molecule has 0 aliphatic rings. The van der Waals surface area contributed by atoms with Gasteiger partial charge in [-0.15, -0.1) is 11.3 Å². The minimum Gasteiger partial charge on any atom is -0.311 e. The molecule has 0 saturated heterocycles. The van der Waals surface area contributed by atoms with E-state index in [0.29, 0.717) is 0 Å². The Hall–Kier alpha value is -8.50. The lowest BCUT2D eigenvalue weighted by Crippen LogP contribution is -2.09. The quantitative estimate of drug-likeness (QED) is 0.148. The van der Waals surface area contributed by atoms with Crippen LogP contribution in [0, 0.1) is 0 Å². The SMILES string of the molecule is c1cc(-c2ccc(N(c3ccc(-c4cccc(-n5c6ccccc6c6ccccc65)c4)cc3)c3ccc(-c4ccc5sc6ccccc6c5c4)cc3)cc2)cc(-c2ccc3ccccc3c2)c1. The lowest BCUT2D eigenvalue weighted by atomic mass is 9.97. The van der Waals surface area contributed by atoms with Crippen molar-refractivity contribution in [2.75, 3.05) is 4.90 Å². The van der Waals surface area contributed by atoms with E-state index in [9.17, 15) is 0 Å². The average Bonchev–Trinajstić information content (AvgIpc) is 3.95. The molecule has 67 heavy (non-hydrogen) atoms. The molecule has 11 aromatic carbocycles. The summed E-state index contributed by atoms with van der Waals surface area (Å²) in [7, 11) is 0. The lowest BCUT2D eigenvalue weighted by Gasteiger charge is -2.26. The van der Waals surface area contributed by atoms with Gasteiger partial charge in [-0.05, 0) is 146 Å². The van der Waals surface area contributed by atoms with Gasteiger partial charge in [0.2, 0.25) is 0 Å². The number of thiophene rings is 1. The van der Waals surface area contributed by atoms with Crippen LogP contribution in [0.15, 0.2) is 255 Å². The molecule has 13 rings (SSSR count). The predicted molar refractivity (Wildman–Crippen MR) is 288 cm³/mol. The number of nitrogens with zero attached hydrogens (tertiary/aromatic N) is 2. The first kappa shape index (κ1) is 38.9. The number of anilines is 3. The highest BCUT2D eigenvalue weighted by Crippen LogP contribution is 2.41. The number of benzene rings is 11. The number of hydrogen-bond acceptors (Lipinski definition) is 2. The normalized spacial score (nSPS) is 11.6. The van der Waals surface area contributed by atoms with E-state index in [-0.39, 0.29) is 0 Å². The van der Waals surface area contributed by atoms with Crippen molar-refractivity contribution in [3.05, 3.63) is 255 Å². The molecule has 0 aliphatic carbocycles. The fraction of sp³-hybridized carbons (Fsp3) is 0. The van der Waals surface area contributed by atoms with Crippen LogP contribution in [0.25, 0.3) is 103 Å². The Morgan fingerprint density at radius 2 is 0.716 bits per heavy atom. The highest BCUT2D eigenvalue weighted by molar-refractivity contribution is 7.25. The fourth-order valence-corrected chi connectivity index (χ4v) is 11.1. The van der Waals surface area contributed by atoms with Crippen LogP contribution in [-0.4, -0.2) is 4.57 Å². The average molecular weight is 871 g/mol. The highest BCUT2D eigenvalue weighted by atomic mass is 32.1. The first-order valence-corrected chi connectivity index (χ1v) is 23.7. The van der Waals surface area contributed by atoms with Crippen LogP contribution in [0.5, 0.6) is 0 Å². The smallest absolute Gasteiger partial charge is 0.0541 e. The molecular weight excluding hydrogens is 829 g/mol. The van der Waals surface area contributed by atoms with Gasteiger partial charge in [-0.25, -0.2) is 0 Å². The standard InChI is InChI=1S/C64H42N2S/c1-2-12-47-40-51(24-23-43(47)11-1)49-14-9-13-48(39-49)44-25-32-53(33-26-44)65(55-36-29-46(30-37-55)52-31-38-64-60(42-52)59-19-5-8-22-63(59)67-64)54-34-27-45(28-35-54)50-15-10-16-56(41-50)66-61-20-6-3-17-57(61)58-18-4-7-21-62(58)66/h1-42H. The maximum absolute atomic E-state index is 2.39. The summed E-state index contributed by atoms with van der Waals surface area (Å²) in [5, 5.41) is 7.66. The summed E-state index contributed by atoms with van der Waals surface area (Å²) in [6.07, 6.45) is 0. The van der Waals surface area contributed by atoms with E-state index in [0.717, 1.165) is 22.7 Å². The molecular formula is C64H42N2S. The fourth-order valence-electron chi connectivity index (χ4n) is 10.0. The molecule has 3 heteroatoms. The third-order valence-electron chi connectivity index (χ3n) is 13.4. The van der Waals surface area contributed by atoms with E-state index in [1.165, 1.54) is 97.3 Å². The molecule has 0 unspecified atom stereocenters. The lowest BCUT2D eigenvalue weighted by molar-refractivity contribution is 1.18. The summed E-state index contributed by atoms with van der Waals surface area (Å²) >= 11 is 1.86. The van der Waals surface area contributed by atoms with Gasteiger partial charge in [0.1, 0.15) is 0 Å². The Balaban J connectivity index is 0.860. The molecule has 2 nitrogen and oxygen atoms in total. The summed E-state index contributed by atoms with van der Waals surface area (Å²) in [6.45, 7) is 0. The molecule has 0 saturated carbocycles. The van der Waals surface area contributed by atoms with Gasteiger partial charge in [0, 0.05) is 53.7 Å². The molecule has 0 atom stereocenters. The van der Waals surface area contributed by atoms with Gasteiger partial charge in [-0.1, -0.05) is 164 Å². The van der Waals surface area contributed by atoms with Crippen LogP contribution < -0.4 is 4.90 Å². The van der Waals surface area contributed by atoms with Crippen molar-refractivity contribution < 1.29 is 0 Å². The van der Waals surface area contributed by atoms with Gasteiger partial charge in [-0.2, -0.15) is 0 Å². The number of para-hydroxylation sites is 2. The topological polar surface area (TPSA) is 8.17 Å². The summed E-state index contributed by atoms with van der Waals surface area (Å²) in [5.74, 6) is 0. The largest absolute Gasteiger partial charge is 0.311 e. The Kier molecular flexibility index (Phi) is 9.40. The van der Waals surface area contributed by atoms with E-state index in [1.54, 1.807) is 0 Å². The number of hydrogen-bond donors (Lipinski definition) is 0. The maximum atomic E-state index is 2.39. The summed E-state index contributed by atoms with van der Waals surface area (Å²) in [4.78, 5) is 2.37. The maximum Gasteiger partial charge on any atom is 0.0541 e. The van der Waals surface area contributed by atoms with Crippen molar-refractivity contribution in [3.63, 3.8) is 0 Å². The van der Waals surface area contributed by atoms with Crippen molar-refractivity contribution in [2.45, 2.75) is 0 Å². The van der Waals surface area contributed by atoms with E-state index in [4.69, 9.17) is 0 Å². The van der Waals surface area contributed by atoms with Crippen LogP contribution in [0.2, 0.25) is 0 Å². The highest BCUT2D eigenvalue weighted by Gasteiger charge is 2.16. The van der Waals surface area contributed by atoms with Crippen molar-refractivity contribution in [1.82, 2.24) is 4.57 Å². The number of rotatable bonds is 8. The van der Waals surface area contributed by atoms with Crippen LogP contribution in [0.3, 0.4) is 0 Å². The first-order valence-electron chi connectivity index (χ1n) is 22.9. The van der Waals surface area contributed by atoms with Crippen LogP contribution >= 0.6 is 11.3 Å². The summed E-state index contributed by atoms with van der Waals surface area (Å²) in [5.41, 5.74) is 16.4. The second-order valence-electron chi connectivity index (χ2n) is 17.3. The van der Waals surface area contributed by atoms with Crippen molar-refractivity contribution in [2.24, 2.45) is 0 Å². The zero-order valence-corrected chi connectivity index (χ0v) is 37.4. The Bertz CT molecular complexity index is 3920. The van der Waals surface area contributed by atoms with Crippen LogP contribution in [0.4, 0.5) is 17.1 Å². The molecule has 0 spiro atoms. The van der Waals surface area contributed by atoms with Crippen LogP contribution in [0.1, 0.15) is 0 Å².